The third-order valence-electron chi connectivity index (χ3n) is 2.48. The van der Waals surface area contributed by atoms with Crippen molar-refractivity contribution in [3.05, 3.63) is 23.8 Å². The van der Waals surface area contributed by atoms with Crippen molar-refractivity contribution < 1.29 is 18.0 Å². The molecule has 102 valence electrons. The second-order valence-corrected chi connectivity index (χ2v) is 6.72. The van der Waals surface area contributed by atoms with Crippen molar-refractivity contribution in [2.45, 2.75) is 25.7 Å². The van der Waals surface area contributed by atoms with E-state index in [-0.39, 0.29) is 11.0 Å². The Labute approximate surface area is 114 Å². The summed E-state index contributed by atoms with van der Waals surface area (Å²) in [5.74, 6) is -1.27. The highest BCUT2D eigenvalue weighted by Crippen LogP contribution is 2.26. The summed E-state index contributed by atoms with van der Waals surface area (Å²) in [5, 5.41) is 2.44. The minimum atomic E-state index is -1.64. The highest BCUT2D eigenvalue weighted by Gasteiger charge is 2.28. The lowest BCUT2D eigenvalue weighted by molar-refractivity contribution is -0.112. The Morgan fingerprint density at radius 2 is 1.95 bits per heavy atom. The molecule has 2 rings (SSSR count). The van der Waals surface area contributed by atoms with Crippen LogP contribution in [0.1, 0.15) is 31.1 Å². The molecule has 0 fully saturated rings. The van der Waals surface area contributed by atoms with E-state index in [9.17, 15) is 13.8 Å². The Hall–Kier alpha value is -1.53. The Morgan fingerprint density at radius 3 is 2.58 bits per heavy atom. The second-order valence-electron chi connectivity index (χ2n) is 5.55. The number of Topliss-reactive ketones (excluding diaryl/α,β-unsaturated/α-hetero) is 1. The van der Waals surface area contributed by atoms with Gasteiger partial charge in [0.25, 0.3) is 11.7 Å². The molecule has 1 amide bonds. The largest absolute Gasteiger partial charge is 0.318 e. The predicted octanol–water partition coefficient (Wildman–Crippen LogP) is 1.91. The zero-order chi connectivity index (χ0) is 14.2. The molecule has 1 unspecified atom stereocenters. The molecule has 1 N–H and O–H groups in total. The monoisotopic (exact) mass is 281 g/mol. The number of hydrogen-bond donors (Lipinski definition) is 1. The molecule has 1 aliphatic rings. The number of benzene rings is 1. The molecule has 1 heterocycles. The highest BCUT2D eigenvalue weighted by molar-refractivity contribution is 7.80. The van der Waals surface area contributed by atoms with Gasteiger partial charge in [-0.2, -0.15) is 0 Å². The molecule has 0 aliphatic carbocycles. The van der Waals surface area contributed by atoms with Gasteiger partial charge in [0.05, 0.1) is 22.8 Å². The molecular weight excluding hydrogens is 266 g/mol. The van der Waals surface area contributed by atoms with Gasteiger partial charge >= 0.3 is 0 Å². The van der Waals surface area contributed by atoms with Gasteiger partial charge in [-0.15, -0.1) is 0 Å². The van der Waals surface area contributed by atoms with Crippen molar-refractivity contribution in [3.8, 4) is 0 Å². The number of amides is 1. The fraction of sp³-hybridized carbons (Fsp3) is 0.385. The van der Waals surface area contributed by atoms with Crippen molar-refractivity contribution >= 4 is 28.5 Å². The van der Waals surface area contributed by atoms with E-state index < -0.39 is 22.8 Å². The van der Waals surface area contributed by atoms with Gasteiger partial charge in [0.1, 0.15) is 0 Å². The summed E-state index contributed by atoms with van der Waals surface area (Å²) >= 11 is -1.64. The first-order valence-corrected chi connectivity index (χ1v) is 6.90. The zero-order valence-electron chi connectivity index (χ0n) is 11.0. The summed E-state index contributed by atoms with van der Waals surface area (Å²) in [7, 11) is 0. The maximum atomic E-state index is 12.0. The number of ketones is 1. The summed E-state index contributed by atoms with van der Waals surface area (Å²) in [6, 6.07) is 4.58. The standard InChI is InChI=1S/C13H15NO4S/c1-13(2,3)7-18-19(17)8-4-5-10-9(6-8)11(15)12(16)14-10/h4-6H,7H2,1-3H3,(H,14,15,16). The quantitative estimate of drug-likeness (QED) is 0.859. The lowest BCUT2D eigenvalue weighted by Crippen LogP contribution is -2.16. The van der Waals surface area contributed by atoms with Crippen LogP contribution in [0.3, 0.4) is 0 Å². The van der Waals surface area contributed by atoms with Gasteiger partial charge in [0.15, 0.2) is 11.1 Å². The van der Waals surface area contributed by atoms with Crippen LogP contribution >= 0.6 is 0 Å². The lowest BCUT2D eigenvalue weighted by Gasteiger charge is -2.17. The summed E-state index contributed by atoms with van der Waals surface area (Å²) in [5.41, 5.74) is 0.599. The average molecular weight is 281 g/mol. The smallest absolute Gasteiger partial charge is 0.296 e. The average Bonchev–Trinajstić information content (AvgIpc) is 2.61. The molecule has 0 spiro atoms. The fourth-order valence-electron chi connectivity index (χ4n) is 1.52. The van der Waals surface area contributed by atoms with Crippen molar-refractivity contribution in [1.29, 1.82) is 0 Å². The van der Waals surface area contributed by atoms with Gasteiger partial charge in [-0.3, -0.25) is 13.8 Å². The molecule has 0 bridgehead atoms. The maximum absolute atomic E-state index is 12.0. The van der Waals surface area contributed by atoms with Crippen LogP contribution < -0.4 is 5.32 Å². The second kappa shape index (κ2) is 4.86. The third kappa shape index (κ3) is 3.08. The molecule has 1 aromatic carbocycles. The molecule has 19 heavy (non-hydrogen) atoms. The summed E-state index contributed by atoms with van der Waals surface area (Å²) in [6.07, 6.45) is 0. The summed E-state index contributed by atoms with van der Waals surface area (Å²) in [6.45, 7) is 6.25. The molecule has 0 saturated carbocycles. The minimum Gasteiger partial charge on any atom is -0.318 e. The van der Waals surface area contributed by atoms with Crippen LogP contribution in [0.5, 0.6) is 0 Å². The molecule has 1 aliphatic heterocycles. The van der Waals surface area contributed by atoms with E-state index in [0.717, 1.165) is 0 Å². The van der Waals surface area contributed by atoms with Crippen LogP contribution in [0.15, 0.2) is 23.1 Å². The first kappa shape index (κ1) is 13.9. The number of hydrogen-bond acceptors (Lipinski definition) is 4. The normalized spacial score (nSPS) is 16.2. The predicted molar refractivity (Wildman–Crippen MR) is 71.2 cm³/mol. The molecule has 0 aromatic heterocycles. The van der Waals surface area contributed by atoms with Crippen LogP contribution in [0, 0.1) is 5.41 Å². The van der Waals surface area contributed by atoms with Crippen molar-refractivity contribution in [1.82, 2.24) is 0 Å². The van der Waals surface area contributed by atoms with E-state index in [1.807, 2.05) is 20.8 Å². The molecule has 1 atom stereocenters. The van der Waals surface area contributed by atoms with Gasteiger partial charge in [-0.1, -0.05) is 20.8 Å². The third-order valence-corrected chi connectivity index (χ3v) is 3.45. The van der Waals surface area contributed by atoms with Gasteiger partial charge in [0.2, 0.25) is 0 Å². The number of fused-ring (bicyclic) bond motifs is 1. The van der Waals surface area contributed by atoms with E-state index in [2.05, 4.69) is 5.32 Å². The Morgan fingerprint density at radius 1 is 1.26 bits per heavy atom. The van der Waals surface area contributed by atoms with Crippen molar-refractivity contribution in [2.24, 2.45) is 5.41 Å². The molecule has 0 radical (unpaired) electrons. The summed E-state index contributed by atoms with van der Waals surface area (Å²) in [4.78, 5) is 23.1. The van der Waals surface area contributed by atoms with Crippen LogP contribution in [-0.2, 0) is 20.1 Å². The zero-order valence-corrected chi connectivity index (χ0v) is 11.8. The lowest BCUT2D eigenvalue weighted by atomic mass is 9.99. The Balaban J connectivity index is 2.17. The van der Waals surface area contributed by atoms with Gasteiger partial charge in [-0.25, -0.2) is 4.21 Å². The van der Waals surface area contributed by atoms with Gasteiger partial charge in [0, 0.05) is 0 Å². The Bertz CT molecular complexity index is 574. The van der Waals surface area contributed by atoms with Crippen LogP contribution in [-0.4, -0.2) is 22.5 Å². The number of rotatable bonds is 3. The van der Waals surface area contributed by atoms with E-state index in [0.29, 0.717) is 17.2 Å². The van der Waals surface area contributed by atoms with E-state index in [1.165, 1.54) is 6.07 Å². The highest BCUT2D eigenvalue weighted by atomic mass is 32.2. The molecule has 0 saturated heterocycles. The first-order valence-electron chi connectivity index (χ1n) is 5.83. The number of carbonyl (C=O) groups excluding carboxylic acids is 2. The van der Waals surface area contributed by atoms with Crippen molar-refractivity contribution in [3.63, 3.8) is 0 Å². The maximum Gasteiger partial charge on any atom is 0.296 e. The van der Waals surface area contributed by atoms with E-state index >= 15 is 0 Å². The number of carbonyl (C=O) groups is 2. The molecular formula is C13H15NO4S. The first-order chi connectivity index (χ1) is 8.78. The van der Waals surface area contributed by atoms with Crippen molar-refractivity contribution in [2.75, 3.05) is 11.9 Å². The van der Waals surface area contributed by atoms with E-state index in [1.54, 1.807) is 12.1 Å². The fourth-order valence-corrected chi connectivity index (χ4v) is 2.51. The van der Waals surface area contributed by atoms with Gasteiger partial charge < -0.3 is 5.32 Å². The molecule has 5 nitrogen and oxygen atoms in total. The van der Waals surface area contributed by atoms with Crippen LogP contribution in [0.25, 0.3) is 0 Å². The summed E-state index contributed by atoms with van der Waals surface area (Å²) < 4.78 is 17.2. The number of nitrogens with one attached hydrogen (secondary N) is 1. The SMILES string of the molecule is CC(C)(C)COS(=O)c1ccc2c(c1)C(=O)C(=O)N2. The van der Waals surface area contributed by atoms with E-state index in [4.69, 9.17) is 4.18 Å². The van der Waals surface area contributed by atoms with Crippen LogP contribution in [0.2, 0.25) is 0 Å². The number of anilines is 1. The van der Waals surface area contributed by atoms with Crippen LogP contribution in [0.4, 0.5) is 5.69 Å². The molecule has 6 heteroatoms. The van der Waals surface area contributed by atoms with Gasteiger partial charge in [-0.05, 0) is 23.6 Å². The topological polar surface area (TPSA) is 72.5 Å². The Kier molecular flexibility index (Phi) is 3.56. The minimum absolute atomic E-state index is 0.0975. The molecule has 1 aromatic rings.